The molecule has 0 unspecified atom stereocenters. The van der Waals surface area contributed by atoms with Gasteiger partial charge in [0.1, 0.15) is 0 Å². The van der Waals surface area contributed by atoms with Crippen molar-refractivity contribution in [3.05, 3.63) is 35.4 Å². The number of rotatable bonds is 3. The van der Waals surface area contributed by atoms with Crippen molar-refractivity contribution in [1.29, 1.82) is 0 Å². The van der Waals surface area contributed by atoms with E-state index in [-0.39, 0.29) is 18.7 Å². The molecule has 1 rings (SSSR count). The van der Waals surface area contributed by atoms with Crippen molar-refractivity contribution in [3.63, 3.8) is 0 Å². The zero-order valence-corrected chi connectivity index (χ0v) is 13.2. The van der Waals surface area contributed by atoms with Gasteiger partial charge in [-0.15, -0.1) is 0 Å². The first kappa shape index (κ1) is 18.8. The highest BCUT2D eigenvalue weighted by Crippen LogP contribution is 2.29. The Labute approximate surface area is 133 Å². The van der Waals surface area contributed by atoms with Crippen LogP contribution in [0.15, 0.2) is 24.3 Å². The Hall–Kier alpha value is -2.20. The van der Waals surface area contributed by atoms with Gasteiger partial charge in [0.05, 0.1) is 24.3 Å². The Morgan fingerprint density at radius 1 is 1.35 bits per heavy atom. The summed E-state index contributed by atoms with van der Waals surface area (Å²) in [5.41, 5.74) is -1.56. The van der Waals surface area contributed by atoms with Crippen LogP contribution in [0, 0.1) is 11.8 Å². The molecule has 0 atom stereocenters. The van der Waals surface area contributed by atoms with Crippen molar-refractivity contribution in [3.8, 4) is 11.8 Å². The molecule has 0 saturated heterocycles. The van der Waals surface area contributed by atoms with Gasteiger partial charge in [-0.1, -0.05) is 17.9 Å². The second-order valence-electron chi connectivity index (χ2n) is 5.71. The minimum atomic E-state index is -4.41. The van der Waals surface area contributed by atoms with Crippen molar-refractivity contribution in [2.24, 2.45) is 0 Å². The molecule has 2 N–H and O–H groups in total. The van der Waals surface area contributed by atoms with Gasteiger partial charge in [0.15, 0.2) is 0 Å². The van der Waals surface area contributed by atoms with Gasteiger partial charge in [-0.05, 0) is 32.0 Å². The lowest BCUT2D eigenvalue weighted by atomic mass is 10.1. The Morgan fingerprint density at radius 3 is 2.57 bits per heavy atom. The van der Waals surface area contributed by atoms with Gasteiger partial charge in [-0.3, -0.25) is 0 Å². The molecule has 0 aliphatic carbocycles. The number of hydrogen-bond donors (Lipinski definition) is 2. The van der Waals surface area contributed by atoms with Crippen LogP contribution in [0.3, 0.4) is 0 Å². The first-order chi connectivity index (χ1) is 10.5. The van der Waals surface area contributed by atoms with Gasteiger partial charge < -0.3 is 15.3 Å². The monoisotopic (exact) mass is 328 g/mol. The average molecular weight is 328 g/mol. The maximum absolute atomic E-state index is 12.6. The summed E-state index contributed by atoms with van der Waals surface area (Å²) in [7, 11) is 1.52. The molecule has 0 saturated carbocycles. The Balaban J connectivity index is 2.57. The summed E-state index contributed by atoms with van der Waals surface area (Å²) in [5, 5.41) is 12.1. The van der Waals surface area contributed by atoms with Crippen molar-refractivity contribution >= 4 is 6.03 Å². The molecule has 0 heterocycles. The summed E-state index contributed by atoms with van der Waals surface area (Å²) in [6, 6.07) is 4.24. The van der Waals surface area contributed by atoms with Gasteiger partial charge in [0.2, 0.25) is 0 Å². The topological polar surface area (TPSA) is 52.6 Å². The van der Waals surface area contributed by atoms with Crippen LogP contribution in [0.1, 0.15) is 25.0 Å². The standard InChI is InChI=1S/C16H19F3N2O2/c1-15(2,23)11-21(3)14(22)20-9-5-7-12-6-4-8-13(10-12)16(17,18)19/h4,6,8,10,23H,9,11H2,1-3H3,(H,20,22). The van der Waals surface area contributed by atoms with Crippen LogP contribution >= 0.6 is 0 Å². The predicted molar refractivity (Wildman–Crippen MR) is 80.6 cm³/mol. The van der Waals surface area contributed by atoms with E-state index in [1.54, 1.807) is 13.8 Å². The number of nitrogens with zero attached hydrogens (tertiary/aromatic N) is 1. The van der Waals surface area contributed by atoms with E-state index in [0.717, 1.165) is 12.1 Å². The minimum absolute atomic E-state index is 0.00865. The summed E-state index contributed by atoms with van der Waals surface area (Å²) < 4.78 is 37.7. The third-order valence-electron chi connectivity index (χ3n) is 2.72. The van der Waals surface area contributed by atoms with Gasteiger partial charge in [-0.2, -0.15) is 13.2 Å². The van der Waals surface area contributed by atoms with Gasteiger partial charge in [0, 0.05) is 12.6 Å². The van der Waals surface area contributed by atoms with E-state index in [9.17, 15) is 23.1 Å². The zero-order chi connectivity index (χ0) is 17.7. The van der Waals surface area contributed by atoms with E-state index in [4.69, 9.17) is 0 Å². The largest absolute Gasteiger partial charge is 0.416 e. The first-order valence-electron chi connectivity index (χ1n) is 6.86. The van der Waals surface area contributed by atoms with Crippen LogP contribution in [0.4, 0.5) is 18.0 Å². The third kappa shape index (κ3) is 7.06. The molecule has 0 aliphatic rings. The molecular formula is C16H19F3N2O2. The third-order valence-corrected chi connectivity index (χ3v) is 2.72. The molecule has 2 amide bonds. The van der Waals surface area contributed by atoms with Crippen LogP contribution in [0.25, 0.3) is 0 Å². The van der Waals surface area contributed by atoms with E-state index in [2.05, 4.69) is 17.2 Å². The van der Waals surface area contributed by atoms with E-state index >= 15 is 0 Å². The lowest BCUT2D eigenvalue weighted by Gasteiger charge is -2.25. The number of carbonyl (C=O) groups is 1. The fraction of sp³-hybridized carbons (Fsp3) is 0.438. The molecular weight excluding hydrogens is 309 g/mol. The molecule has 0 aromatic heterocycles. The Bertz CT molecular complexity index is 610. The number of carbonyl (C=O) groups excluding carboxylic acids is 1. The number of urea groups is 1. The molecule has 0 fully saturated rings. The number of nitrogens with one attached hydrogen (secondary N) is 1. The SMILES string of the molecule is CN(CC(C)(C)O)C(=O)NCC#Cc1cccc(C(F)(F)F)c1. The maximum atomic E-state index is 12.6. The van der Waals surface area contributed by atoms with E-state index in [1.807, 2.05) is 0 Å². The lowest BCUT2D eigenvalue weighted by molar-refractivity contribution is -0.137. The molecule has 0 bridgehead atoms. The summed E-state index contributed by atoms with van der Waals surface area (Å²) in [4.78, 5) is 13.0. The number of aliphatic hydroxyl groups is 1. The minimum Gasteiger partial charge on any atom is -0.389 e. The second kappa shape index (κ2) is 7.38. The molecule has 126 valence electrons. The molecule has 1 aromatic carbocycles. The average Bonchev–Trinajstić information content (AvgIpc) is 2.41. The number of hydrogen-bond acceptors (Lipinski definition) is 2. The number of halogens is 3. The molecule has 0 aliphatic heterocycles. The van der Waals surface area contributed by atoms with Gasteiger partial charge >= 0.3 is 12.2 Å². The molecule has 0 spiro atoms. The summed E-state index contributed by atoms with van der Waals surface area (Å²) >= 11 is 0. The summed E-state index contributed by atoms with van der Waals surface area (Å²) in [5.74, 6) is 5.16. The fourth-order valence-corrected chi connectivity index (χ4v) is 1.83. The predicted octanol–water partition coefficient (Wildman–Crippen LogP) is 2.47. The number of amides is 2. The van der Waals surface area contributed by atoms with Gasteiger partial charge in [-0.25, -0.2) is 4.79 Å². The van der Waals surface area contributed by atoms with Gasteiger partial charge in [0.25, 0.3) is 0 Å². The highest BCUT2D eigenvalue weighted by molar-refractivity contribution is 5.74. The van der Waals surface area contributed by atoms with Crippen LogP contribution in [0.5, 0.6) is 0 Å². The first-order valence-corrected chi connectivity index (χ1v) is 6.86. The van der Waals surface area contributed by atoms with Crippen LogP contribution in [-0.2, 0) is 6.18 Å². The smallest absolute Gasteiger partial charge is 0.389 e. The molecule has 4 nitrogen and oxygen atoms in total. The van der Waals surface area contributed by atoms with Crippen LogP contribution < -0.4 is 5.32 Å². The molecule has 23 heavy (non-hydrogen) atoms. The lowest BCUT2D eigenvalue weighted by Crippen LogP contribution is -2.44. The second-order valence-corrected chi connectivity index (χ2v) is 5.71. The quantitative estimate of drug-likeness (QED) is 0.838. The van der Waals surface area contributed by atoms with Crippen molar-refractivity contribution < 1.29 is 23.1 Å². The molecule has 0 radical (unpaired) electrons. The fourth-order valence-electron chi connectivity index (χ4n) is 1.83. The number of alkyl halides is 3. The highest BCUT2D eigenvalue weighted by atomic mass is 19.4. The van der Waals surface area contributed by atoms with Crippen molar-refractivity contribution in [1.82, 2.24) is 10.2 Å². The Kier molecular flexibility index (Phi) is 6.05. The van der Waals surface area contributed by atoms with Crippen molar-refractivity contribution in [2.75, 3.05) is 20.1 Å². The molecule has 1 aromatic rings. The van der Waals surface area contributed by atoms with Crippen LogP contribution in [0.2, 0.25) is 0 Å². The van der Waals surface area contributed by atoms with Crippen molar-refractivity contribution in [2.45, 2.75) is 25.6 Å². The number of likely N-dealkylation sites (N-methyl/N-ethyl adjacent to an activating group) is 1. The summed E-state index contributed by atoms with van der Waals surface area (Å²) in [6.45, 7) is 3.28. The number of benzene rings is 1. The maximum Gasteiger partial charge on any atom is 0.416 e. The zero-order valence-electron chi connectivity index (χ0n) is 13.2. The van der Waals surface area contributed by atoms with Crippen LogP contribution in [-0.4, -0.2) is 41.8 Å². The highest BCUT2D eigenvalue weighted by Gasteiger charge is 2.30. The normalized spacial score (nSPS) is 11.4. The van der Waals surface area contributed by atoms with E-state index in [1.165, 1.54) is 24.1 Å². The van der Waals surface area contributed by atoms with E-state index < -0.39 is 23.4 Å². The Morgan fingerprint density at radius 2 is 2.00 bits per heavy atom. The molecule has 7 heteroatoms. The summed E-state index contributed by atoms with van der Waals surface area (Å²) in [6.07, 6.45) is -4.41. The van der Waals surface area contributed by atoms with E-state index in [0.29, 0.717) is 0 Å².